The Morgan fingerprint density at radius 1 is 1.13 bits per heavy atom. The molecule has 8 heteroatoms. The van der Waals surface area contributed by atoms with Gasteiger partial charge in [-0.25, -0.2) is 9.97 Å². The van der Waals surface area contributed by atoms with Gasteiger partial charge in [0.25, 0.3) is 5.91 Å². The lowest BCUT2D eigenvalue weighted by atomic mass is 10.0. The van der Waals surface area contributed by atoms with Gasteiger partial charge in [-0.2, -0.15) is 0 Å². The Morgan fingerprint density at radius 3 is 2.52 bits per heavy atom. The summed E-state index contributed by atoms with van der Waals surface area (Å²) < 4.78 is 0. The monoisotopic (exact) mass is 434 g/mol. The number of hydrogen-bond donors (Lipinski definition) is 3. The number of anilines is 1. The summed E-state index contributed by atoms with van der Waals surface area (Å²) in [6.07, 6.45) is 4.87. The van der Waals surface area contributed by atoms with E-state index in [0.29, 0.717) is 34.4 Å². The largest absolute Gasteiger partial charge is 0.365 e. The van der Waals surface area contributed by atoms with Gasteiger partial charge in [0.2, 0.25) is 0 Å². The van der Waals surface area contributed by atoms with Gasteiger partial charge in [0.05, 0.1) is 10.6 Å². The van der Waals surface area contributed by atoms with E-state index in [1.807, 2.05) is 36.1 Å². The van der Waals surface area contributed by atoms with E-state index in [9.17, 15) is 4.79 Å². The summed E-state index contributed by atoms with van der Waals surface area (Å²) in [7, 11) is 0. The minimum absolute atomic E-state index is 0.110. The fourth-order valence-electron chi connectivity index (χ4n) is 3.80. The Morgan fingerprint density at radius 2 is 1.84 bits per heavy atom. The first-order chi connectivity index (χ1) is 15.0. The summed E-state index contributed by atoms with van der Waals surface area (Å²) in [5.74, 6) is 0.789. The molecule has 1 saturated heterocycles. The molecular weight excluding hydrogens is 408 g/mol. The minimum Gasteiger partial charge on any atom is -0.365 e. The number of benzene rings is 1. The maximum Gasteiger partial charge on any atom is 0.253 e. The predicted octanol–water partition coefficient (Wildman–Crippen LogP) is 4.61. The highest BCUT2D eigenvalue weighted by atomic mass is 32.2. The molecule has 2 aliphatic rings. The Kier molecular flexibility index (Phi) is 6.18. The van der Waals surface area contributed by atoms with Crippen molar-refractivity contribution in [2.75, 3.05) is 18.4 Å². The van der Waals surface area contributed by atoms with E-state index in [1.54, 1.807) is 6.92 Å². The molecule has 1 aromatic heterocycles. The van der Waals surface area contributed by atoms with Gasteiger partial charge in [-0.15, -0.1) is 0 Å². The van der Waals surface area contributed by atoms with Gasteiger partial charge in [-0.3, -0.25) is 10.2 Å². The molecule has 0 saturated carbocycles. The number of carbonyl (C=O) groups excluding carboxylic acids is 1. The van der Waals surface area contributed by atoms with Crippen LogP contribution in [0.4, 0.5) is 5.82 Å². The highest BCUT2D eigenvalue weighted by molar-refractivity contribution is 8.15. The van der Waals surface area contributed by atoms with Crippen LogP contribution in [0.3, 0.4) is 0 Å². The van der Waals surface area contributed by atoms with Gasteiger partial charge in [-0.05, 0) is 56.4 Å². The Hall–Kier alpha value is -3.00. The Bertz CT molecular complexity index is 1070. The number of aromatic nitrogens is 2. The molecule has 2 aromatic rings. The maximum absolute atomic E-state index is 12.6. The van der Waals surface area contributed by atoms with Crippen LogP contribution in [0.25, 0.3) is 5.57 Å². The summed E-state index contributed by atoms with van der Waals surface area (Å²) in [4.78, 5) is 24.1. The van der Waals surface area contributed by atoms with E-state index in [2.05, 4.69) is 15.3 Å². The molecule has 2 aliphatic heterocycles. The minimum atomic E-state index is 0.110. The number of fused-ring (bicyclic) bond motifs is 1. The number of amides is 1. The molecule has 0 atom stereocenters. The van der Waals surface area contributed by atoms with Gasteiger partial charge in [0.15, 0.2) is 0 Å². The quantitative estimate of drug-likeness (QED) is 0.596. The van der Waals surface area contributed by atoms with Crippen molar-refractivity contribution in [3.05, 3.63) is 53.0 Å². The molecule has 31 heavy (non-hydrogen) atoms. The van der Waals surface area contributed by atoms with E-state index in [-0.39, 0.29) is 5.91 Å². The third-order valence-corrected chi connectivity index (χ3v) is 6.71. The van der Waals surface area contributed by atoms with E-state index in [0.717, 1.165) is 47.5 Å². The van der Waals surface area contributed by atoms with Crippen LogP contribution in [0.2, 0.25) is 0 Å². The van der Waals surface area contributed by atoms with Crippen LogP contribution in [0.5, 0.6) is 0 Å². The number of rotatable bonds is 5. The highest BCUT2D eigenvalue weighted by Crippen LogP contribution is 2.44. The average Bonchev–Trinajstić information content (AvgIpc) is 3.13. The van der Waals surface area contributed by atoms with Gasteiger partial charge in [0, 0.05) is 36.5 Å². The molecule has 7 nitrogen and oxygen atoms in total. The van der Waals surface area contributed by atoms with Crippen molar-refractivity contribution in [2.45, 2.75) is 44.6 Å². The molecule has 1 aromatic carbocycles. The van der Waals surface area contributed by atoms with E-state index in [1.165, 1.54) is 24.5 Å². The van der Waals surface area contributed by atoms with Crippen molar-refractivity contribution in [3.63, 3.8) is 0 Å². The van der Waals surface area contributed by atoms with Crippen molar-refractivity contribution >= 4 is 39.8 Å². The molecule has 0 aliphatic carbocycles. The van der Waals surface area contributed by atoms with E-state index < -0.39 is 0 Å². The van der Waals surface area contributed by atoms with Crippen LogP contribution in [0.1, 0.15) is 54.7 Å². The zero-order chi connectivity index (χ0) is 22.0. The van der Waals surface area contributed by atoms with Crippen molar-refractivity contribution in [3.8, 4) is 0 Å². The molecule has 0 bridgehead atoms. The molecular formula is C23H26N6OS. The SMILES string of the molecule is CC(=N)/C(C)=C1\C(=N)Sc2c(NCc3ccc(C(=O)N4CCCCC4)cc3)ncnc21. The number of likely N-dealkylation sites (tertiary alicyclic amines) is 1. The van der Waals surface area contributed by atoms with Crippen molar-refractivity contribution in [1.29, 1.82) is 10.8 Å². The lowest BCUT2D eigenvalue weighted by Gasteiger charge is -2.26. The number of thioether (sulfide) groups is 1. The number of hydrogen-bond acceptors (Lipinski definition) is 7. The second kappa shape index (κ2) is 9.01. The molecule has 3 N–H and O–H groups in total. The highest BCUT2D eigenvalue weighted by Gasteiger charge is 2.29. The third-order valence-electron chi connectivity index (χ3n) is 5.71. The molecule has 1 amide bonds. The van der Waals surface area contributed by atoms with Crippen molar-refractivity contribution < 1.29 is 4.79 Å². The first kappa shape index (κ1) is 21.2. The number of nitrogens with one attached hydrogen (secondary N) is 3. The standard InChI is InChI=1S/C23H26N6OS/c1-14(15(2)24)18-19-20(31-21(18)25)22(28-13-27-19)26-12-16-6-8-17(9-7-16)23(30)29-10-4-3-5-11-29/h6-9,13,24-25H,3-5,10-12H2,1-2H3,(H,26,27,28)/b18-14-,24-15?,25-21?. The fourth-order valence-corrected chi connectivity index (χ4v) is 4.83. The van der Waals surface area contributed by atoms with Crippen LogP contribution in [-0.2, 0) is 6.54 Å². The normalized spacial score (nSPS) is 17.4. The second-order valence-corrected chi connectivity index (χ2v) is 8.88. The van der Waals surface area contributed by atoms with Crippen molar-refractivity contribution in [2.24, 2.45) is 0 Å². The first-order valence-electron chi connectivity index (χ1n) is 10.5. The molecule has 4 rings (SSSR count). The van der Waals surface area contributed by atoms with Crippen LogP contribution in [0.15, 0.2) is 41.1 Å². The third kappa shape index (κ3) is 4.39. The number of carbonyl (C=O) groups is 1. The van der Waals surface area contributed by atoms with Gasteiger partial charge in [-0.1, -0.05) is 23.9 Å². The molecule has 160 valence electrons. The second-order valence-electron chi connectivity index (χ2n) is 7.86. The maximum atomic E-state index is 12.6. The van der Waals surface area contributed by atoms with Crippen LogP contribution < -0.4 is 5.32 Å². The Labute approximate surface area is 186 Å². The smallest absolute Gasteiger partial charge is 0.253 e. The Balaban J connectivity index is 1.47. The number of piperidine rings is 1. The van der Waals surface area contributed by atoms with Crippen LogP contribution >= 0.6 is 11.8 Å². The first-order valence-corrected chi connectivity index (χ1v) is 11.3. The molecule has 1 fully saturated rings. The summed E-state index contributed by atoms with van der Waals surface area (Å²) in [6, 6.07) is 7.71. The molecule has 0 radical (unpaired) electrons. The molecule has 0 spiro atoms. The summed E-state index contributed by atoms with van der Waals surface area (Å²) in [5, 5.41) is 20.0. The van der Waals surface area contributed by atoms with E-state index >= 15 is 0 Å². The van der Waals surface area contributed by atoms with Gasteiger partial charge in [0.1, 0.15) is 17.2 Å². The van der Waals surface area contributed by atoms with Gasteiger partial charge < -0.3 is 15.6 Å². The summed E-state index contributed by atoms with van der Waals surface area (Å²) in [6.45, 7) is 5.82. The van der Waals surface area contributed by atoms with Gasteiger partial charge >= 0.3 is 0 Å². The summed E-state index contributed by atoms with van der Waals surface area (Å²) >= 11 is 1.32. The predicted molar refractivity (Wildman–Crippen MR) is 125 cm³/mol. The van der Waals surface area contributed by atoms with E-state index in [4.69, 9.17) is 10.8 Å². The molecule has 3 heterocycles. The van der Waals surface area contributed by atoms with Crippen LogP contribution in [-0.4, -0.2) is 44.6 Å². The lowest BCUT2D eigenvalue weighted by Crippen LogP contribution is -2.35. The topological polar surface area (TPSA) is 106 Å². The number of nitrogens with zero attached hydrogens (tertiary/aromatic N) is 3. The number of allylic oxidation sites excluding steroid dienone is 1. The van der Waals surface area contributed by atoms with Crippen LogP contribution in [0, 0.1) is 10.8 Å². The molecule has 0 unspecified atom stereocenters. The summed E-state index contributed by atoms with van der Waals surface area (Å²) in [5.41, 5.74) is 4.38. The fraction of sp³-hybridized carbons (Fsp3) is 0.348. The zero-order valence-corrected chi connectivity index (χ0v) is 18.6. The van der Waals surface area contributed by atoms with Crippen molar-refractivity contribution in [1.82, 2.24) is 14.9 Å². The zero-order valence-electron chi connectivity index (χ0n) is 17.8. The lowest BCUT2D eigenvalue weighted by molar-refractivity contribution is 0.0724. The average molecular weight is 435 g/mol.